The second kappa shape index (κ2) is 7.71. The Morgan fingerprint density at radius 1 is 1.00 bits per heavy atom. The Labute approximate surface area is 112 Å². The second-order valence-corrected chi connectivity index (χ2v) is 3.61. The van der Waals surface area contributed by atoms with Gasteiger partial charge in [-0.3, -0.25) is 0 Å². The molecule has 100 valence electrons. The molecular formula is C13H17ClO4. The van der Waals surface area contributed by atoms with Crippen molar-refractivity contribution in [2.45, 2.75) is 0 Å². The molecule has 1 aromatic carbocycles. The molecule has 0 N–H and O–H groups in total. The molecule has 4 nitrogen and oxygen atoms in total. The number of hydrogen-bond acceptors (Lipinski definition) is 4. The highest BCUT2D eigenvalue weighted by Gasteiger charge is 2.13. The standard InChI is InChI=1S/C13H17ClO4/c1-15-11-8-10(18-7-5-4-6-14)9-12(16-2)13(11)17-3/h4-5,8-9H,6-7H2,1-3H3/b5-4+. The van der Waals surface area contributed by atoms with E-state index < -0.39 is 0 Å². The Morgan fingerprint density at radius 3 is 2.06 bits per heavy atom. The van der Waals surface area contributed by atoms with Gasteiger partial charge in [-0.25, -0.2) is 0 Å². The van der Waals surface area contributed by atoms with Crippen LogP contribution in [0.25, 0.3) is 0 Å². The largest absolute Gasteiger partial charge is 0.493 e. The summed E-state index contributed by atoms with van der Waals surface area (Å²) in [4.78, 5) is 0. The van der Waals surface area contributed by atoms with E-state index in [1.165, 1.54) is 0 Å². The fourth-order valence-corrected chi connectivity index (χ4v) is 1.54. The number of ether oxygens (including phenoxy) is 4. The molecule has 0 saturated carbocycles. The van der Waals surface area contributed by atoms with Crippen LogP contribution in [-0.2, 0) is 0 Å². The van der Waals surface area contributed by atoms with E-state index in [0.717, 1.165) is 0 Å². The average Bonchev–Trinajstić information content (AvgIpc) is 2.42. The molecule has 0 radical (unpaired) electrons. The van der Waals surface area contributed by atoms with Crippen LogP contribution < -0.4 is 18.9 Å². The lowest BCUT2D eigenvalue weighted by Crippen LogP contribution is -1.98. The minimum atomic E-state index is 0.436. The average molecular weight is 273 g/mol. The summed E-state index contributed by atoms with van der Waals surface area (Å²) >= 11 is 5.52. The van der Waals surface area contributed by atoms with Crippen LogP contribution in [0.5, 0.6) is 23.0 Å². The molecule has 1 rings (SSSR count). The summed E-state index contributed by atoms with van der Waals surface area (Å²) in [6.45, 7) is 0.436. The Balaban J connectivity index is 2.89. The number of allylic oxidation sites excluding steroid dienone is 1. The van der Waals surface area contributed by atoms with Crippen molar-refractivity contribution in [3.63, 3.8) is 0 Å². The first-order valence-corrected chi connectivity index (χ1v) is 5.94. The molecule has 0 aliphatic carbocycles. The molecule has 0 atom stereocenters. The summed E-state index contributed by atoms with van der Waals surface area (Å²) in [6.07, 6.45) is 3.66. The van der Waals surface area contributed by atoms with Crippen LogP contribution in [0.2, 0.25) is 0 Å². The van der Waals surface area contributed by atoms with Crippen LogP contribution in [0.15, 0.2) is 24.3 Å². The summed E-state index contributed by atoms with van der Waals surface area (Å²) in [5, 5.41) is 0. The van der Waals surface area contributed by atoms with Gasteiger partial charge in [-0.2, -0.15) is 0 Å². The third-order valence-corrected chi connectivity index (χ3v) is 2.42. The number of methoxy groups -OCH3 is 3. The number of alkyl halides is 1. The number of rotatable bonds is 7. The first-order chi connectivity index (χ1) is 8.76. The van der Waals surface area contributed by atoms with E-state index >= 15 is 0 Å². The van der Waals surface area contributed by atoms with Gasteiger partial charge in [0.05, 0.1) is 21.3 Å². The number of benzene rings is 1. The summed E-state index contributed by atoms with van der Waals surface area (Å²) < 4.78 is 21.2. The van der Waals surface area contributed by atoms with Gasteiger partial charge in [-0.05, 0) is 0 Å². The second-order valence-electron chi connectivity index (χ2n) is 3.30. The number of halogens is 1. The van der Waals surface area contributed by atoms with E-state index in [2.05, 4.69) is 0 Å². The van der Waals surface area contributed by atoms with Gasteiger partial charge in [0.2, 0.25) is 5.75 Å². The van der Waals surface area contributed by atoms with Crippen LogP contribution in [0.1, 0.15) is 0 Å². The lowest BCUT2D eigenvalue weighted by atomic mass is 10.2. The van der Waals surface area contributed by atoms with Crippen LogP contribution in [0.4, 0.5) is 0 Å². The van der Waals surface area contributed by atoms with Gasteiger partial charge in [0.25, 0.3) is 0 Å². The highest BCUT2D eigenvalue weighted by Crippen LogP contribution is 2.40. The molecule has 0 aliphatic rings. The van der Waals surface area contributed by atoms with Crippen molar-refractivity contribution >= 4 is 11.6 Å². The Hall–Kier alpha value is -1.55. The Kier molecular flexibility index (Phi) is 6.22. The molecule has 0 unspecified atom stereocenters. The van der Waals surface area contributed by atoms with Crippen LogP contribution in [0.3, 0.4) is 0 Å². The minimum Gasteiger partial charge on any atom is -0.493 e. The lowest BCUT2D eigenvalue weighted by Gasteiger charge is -2.14. The molecule has 5 heteroatoms. The highest BCUT2D eigenvalue weighted by molar-refractivity contribution is 6.18. The first kappa shape index (κ1) is 14.5. The molecule has 0 heterocycles. The normalized spacial score (nSPS) is 10.4. The quantitative estimate of drug-likeness (QED) is 0.565. The Bertz CT molecular complexity index is 379. The van der Waals surface area contributed by atoms with Gasteiger partial charge in [0, 0.05) is 18.0 Å². The summed E-state index contributed by atoms with van der Waals surface area (Å²) in [5.74, 6) is 2.78. The molecule has 0 fully saturated rings. The van der Waals surface area contributed by atoms with E-state index in [9.17, 15) is 0 Å². The van der Waals surface area contributed by atoms with Gasteiger partial charge in [0.1, 0.15) is 12.4 Å². The molecule has 0 aliphatic heterocycles. The van der Waals surface area contributed by atoms with E-state index in [1.807, 2.05) is 12.2 Å². The molecule has 0 spiro atoms. The van der Waals surface area contributed by atoms with Crippen molar-refractivity contribution in [1.29, 1.82) is 0 Å². The third kappa shape index (κ3) is 3.74. The van der Waals surface area contributed by atoms with Gasteiger partial charge < -0.3 is 18.9 Å². The van der Waals surface area contributed by atoms with E-state index in [1.54, 1.807) is 33.5 Å². The van der Waals surface area contributed by atoms with Gasteiger partial charge in [-0.15, -0.1) is 11.6 Å². The van der Waals surface area contributed by atoms with Crippen molar-refractivity contribution in [3.05, 3.63) is 24.3 Å². The SMILES string of the molecule is COc1cc(OC/C=C/CCl)cc(OC)c1OC. The maximum absolute atomic E-state index is 5.53. The van der Waals surface area contributed by atoms with Crippen molar-refractivity contribution in [2.24, 2.45) is 0 Å². The minimum absolute atomic E-state index is 0.436. The molecule has 1 aromatic rings. The van der Waals surface area contributed by atoms with Crippen molar-refractivity contribution < 1.29 is 18.9 Å². The lowest BCUT2D eigenvalue weighted by molar-refractivity contribution is 0.313. The molecule has 18 heavy (non-hydrogen) atoms. The van der Waals surface area contributed by atoms with Gasteiger partial charge >= 0.3 is 0 Å². The number of hydrogen-bond donors (Lipinski definition) is 0. The predicted octanol–water partition coefficient (Wildman–Crippen LogP) is 2.89. The van der Waals surface area contributed by atoms with Gasteiger partial charge in [0.15, 0.2) is 11.5 Å². The Morgan fingerprint density at radius 2 is 1.61 bits per heavy atom. The fraction of sp³-hybridized carbons (Fsp3) is 0.385. The van der Waals surface area contributed by atoms with Crippen LogP contribution in [-0.4, -0.2) is 33.8 Å². The molecular weight excluding hydrogens is 256 g/mol. The maximum Gasteiger partial charge on any atom is 0.203 e. The van der Waals surface area contributed by atoms with Crippen molar-refractivity contribution in [3.8, 4) is 23.0 Å². The van der Waals surface area contributed by atoms with E-state index in [-0.39, 0.29) is 0 Å². The van der Waals surface area contributed by atoms with E-state index in [0.29, 0.717) is 35.5 Å². The smallest absolute Gasteiger partial charge is 0.203 e. The predicted molar refractivity (Wildman–Crippen MR) is 71.5 cm³/mol. The molecule has 0 saturated heterocycles. The van der Waals surface area contributed by atoms with Crippen LogP contribution in [0, 0.1) is 0 Å². The third-order valence-electron chi connectivity index (χ3n) is 2.24. The molecule has 0 bridgehead atoms. The zero-order chi connectivity index (χ0) is 13.4. The monoisotopic (exact) mass is 272 g/mol. The fourth-order valence-electron chi connectivity index (χ4n) is 1.42. The summed E-state index contributed by atoms with van der Waals surface area (Å²) in [5.41, 5.74) is 0. The topological polar surface area (TPSA) is 36.9 Å². The van der Waals surface area contributed by atoms with Crippen LogP contribution >= 0.6 is 11.6 Å². The van der Waals surface area contributed by atoms with Crippen molar-refractivity contribution in [1.82, 2.24) is 0 Å². The highest BCUT2D eigenvalue weighted by atomic mass is 35.5. The zero-order valence-corrected chi connectivity index (χ0v) is 11.5. The van der Waals surface area contributed by atoms with Crippen molar-refractivity contribution in [2.75, 3.05) is 33.8 Å². The molecule has 0 amide bonds. The maximum atomic E-state index is 5.53. The zero-order valence-electron chi connectivity index (χ0n) is 10.7. The molecule has 0 aromatic heterocycles. The van der Waals surface area contributed by atoms with E-state index in [4.69, 9.17) is 30.5 Å². The first-order valence-electron chi connectivity index (χ1n) is 5.40. The summed E-state index contributed by atoms with van der Waals surface area (Å²) in [7, 11) is 4.69. The summed E-state index contributed by atoms with van der Waals surface area (Å²) in [6, 6.07) is 3.49. The van der Waals surface area contributed by atoms with Gasteiger partial charge in [-0.1, -0.05) is 12.2 Å².